The fraction of sp³-hybridized carbons (Fsp3) is 0.667. The number of Topliss-reactive ketones (excluding diaryl/α,β-unsaturated/α-hetero) is 1. The standard InChI is InChI=1S/C9H12O/c10-9-7-3-1-4-8(9)6-2-5-7/h1,3,7-8H,2,4-6H2. The van der Waals surface area contributed by atoms with E-state index < -0.39 is 0 Å². The number of allylic oxidation sites excluding steroid dienone is 2. The maximum Gasteiger partial charge on any atom is 0.143 e. The predicted molar refractivity (Wildman–Crippen MR) is 39.6 cm³/mol. The Hall–Kier alpha value is -0.590. The molecule has 0 aromatic rings. The summed E-state index contributed by atoms with van der Waals surface area (Å²) in [6.07, 6.45) is 8.78. The van der Waals surface area contributed by atoms with Gasteiger partial charge in [-0.05, 0) is 19.3 Å². The fourth-order valence-electron chi connectivity index (χ4n) is 2.00. The predicted octanol–water partition coefficient (Wildman–Crippen LogP) is 1.93. The second-order valence-electron chi connectivity index (χ2n) is 3.30. The molecule has 2 rings (SSSR count). The normalized spacial score (nSPS) is 38.2. The lowest BCUT2D eigenvalue weighted by atomic mass is 9.75. The van der Waals surface area contributed by atoms with Crippen LogP contribution in [0.15, 0.2) is 12.2 Å². The van der Waals surface area contributed by atoms with Crippen LogP contribution in [0, 0.1) is 11.8 Å². The minimum Gasteiger partial charge on any atom is -0.299 e. The zero-order valence-electron chi connectivity index (χ0n) is 6.05. The summed E-state index contributed by atoms with van der Waals surface area (Å²) in [6, 6.07) is 0. The van der Waals surface area contributed by atoms with E-state index in [-0.39, 0.29) is 0 Å². The smallest absolute Gasteiger partial charge is 0.143 e. The first kappa shape index (κ1) is 6.14. The molecule has 1 fully saturated rings. The highest BCUT2D eigenvalue weighted by Gasteiger charge is 2.30. The molecule has 0 saturated heterocycles. The molecule has 0 radical (unpaired) electrons. The molecule has 0 aromatic heterocycles. The van der Waals surface area contributed by atoms with Crippen LogP contribution in [0.5, 0.6) is 0 Å². The van der Waals surface area contributed by atoms with E-state index in [1.165, 1.54) is 6.42 Å². The van der Waals surface area contributed by atoms with E-state index in [4.69, 9.17) is 0 Å². The van der Waals surface area contributed by atoms with Gasteiger partial charge >= 0.3 is 0 Å². The first-order valence-electron chi connectivity index (χ1n) is 4.08. The molecule has 10 heavy (non-hydrogen) atoms. The van der Waals surface area contributed by atoms with Crippen LogP contribution >= 0.6 is 0 Å². The van der Waals surface area contributed by atoms with Gasteiger partial charge in [0.1, 0.15) is 5.78 Å². The Morgan fingerprint density at radius 2 is 2.30 bits per heavy atom. The highest BCUT2D eigenvalue weighted by Crippen LogP contribution is 2.32. The molecule has 2 atom stereocenters. The van der Waals surface area contributed by atoms with E-state index in [2.05, 4.69) is 12.2 Å². The van der Waals surface area contributed by atoms with Crippen LogP contribution in [0.25, 0.3) is 0 Å². The van der Waals surface area contributed by atoms with Crippen molar-refractivity contribution in [3.63, 3.8) is 0 Å². The van der Waals surface area contributed by atoms with Crippen molar-refractivity contribution >= 4 is 5.78 Å². The quantitative estimate of drug-likeness (QED) is 0.465. The van der Waals surface area contributed by atoms with Crippen molar-refractivity contribution < 1.29 is 4.79 Å². The van der Waals surface area contributed by atoms with Gasteiger partial charge in [0.15, 0.2) is 0 Å². The molecular formula is C9H12O. The Morgan fingerprint density at radius 3 is 3.00 bits per heavy atom. The SMILES string of the molecule is O=C1C2C=CCC1CCC2. The molecule has 0 amide bonds. The Bertz CT molecular complexity index is 181. The molecule has 2 aliphatic rings. The van der Waals surface area contributed by atoms with Gasteiger partial charge in [-0.25, -0.2) is 0 Å². The highest BCUT2D eigenvalue weighted by molar-refractivity contribution is 5.86. The van der Waals surface area contributed by atoms with Crippen LogP contribution in [0.4, 0.5) is 0 Å². The van der Waals surface area contributed by atoms with Gasteiger partial charge in [0.25, 0.3) is 0 Å². The van der Waals surface area contributed by atoms with Crippen molar-refractivity contribution in [3.05, 3.63) is 12.2 Å². The number of hydrogen-bond acceptors (Lipinski definition) is 1. The summed E-state index contributed by atoms with van der Waals surface area (Å²) in [6.45, 7) is 0. The van der Waals surface area contributed by atoms with Crippen molar-refractivity contribution in [3.8, 4) is 0 Å². The van der Waals surface area contributed by atoms with Crippen molar-refractivity contribution in [1.29, 1.82) is 0 Å². The van der Waals surface area contributed by atoms with Gasteiger partial charge in [-0.1, -0.05) is 18.6 Å². The molecule has 0 heterocycles. The molecule has 0 N–H and O–H groups in total. The molecule has 1 nitrogen and oxygen atoms in total. The molecule has 1 heteroatoms. The molecule has 0 spiro atoms. The largest absolute Gasteiger partial charge is 0.299 e. The van der Waals surface area contributed by atoms with E-state index in [1.807, 2.05) is 0 Å². The Balaban J connectivity index is 2.25. The van der Waals surface area contributed by atoms with Crippen LogP contribution in [-0.2, 0) is 4.79 Å². The molecule has 0 aliphatic heterocycles. The van der Waals surface area contributed by atoms with Crippen molar-refractivity contribution in [1.82, 2.24) is 0 Å². The molecule has 2 aliphatic carbocycles. The third-order valence-electron chi connectivity index (χ3n) is 2.62. The second-order valence-corrected chi connectivity index (χ2v) is 3.30. The summed E-state index contributed by atoms with van der Waals surface area (Å²) >= 11 is 0. The minimum absolute atomic E-state index is 0.299. The average molecular weight is 136 g/mol. The lowest BCUT2D eigenvalue weighted by Crippen LogP contribution is -2.29. The lowest BCUT2D eigenvalue weighted by Gasteiger charge is -2.28. The van der Waals surface area contributed by atoms with Crippen LogP contribution in [0.1, 0.15) is 25.7 Å². The Labute approximate surface area is 61.1 Å². The van der Waals surface area contributed by atoms with Crippen LogP contribution in [-0.4, -0.2) is 5.78 Å². The minimum atomic E-state index is 0.299. The van der Waals surface area contributed by atoms with E-state index in [9.17, 15) is 4.79 Å². The Morgan fingerprint density at radius 1 is 1.40 bits per heavy atom. The van der Waals surface area contributed by atoms with Gasteiger partial charge in [0, 0.05) is 11.8 Å². The van der Waals surface area contributed by atoms with E-state index in [0.717, 1.165) is 19.3 Å². The topological polar surface area (TPSA) is 17.1 Å². The van der Waals surface area contributed by atoms with Crippen molar-refractivity contribution in [2.45, 2.75) is 25.7 Å². The lowest BCUT2D eigenvalue weighted by molar-refractivity contribution is -0.127. The number of fused-ring (bicyclic) bond motifs is 2. The van der Waals surface area contributed by atoms with E-state index in [0.29, 0.717) is 17.6 Å². The number of rotatable bonds is 0. The first-order valence-corrected chi connectivity index (χ1v) is 4.08. The summed E-state index contributed by atoms with van der Waals surface area (Å²) in [5, 5.41) is 0. The summed E-state index contributed by atoms with van der Waals surface area (Å²) < 4.78 is 0. The van der Waals surface area contributed by atoms with Gasteiger partial charge in [-0.3, -0.25) is 4.79 Å². The Kier molecular flexibility index (Phi) is 1.37. The molecular weight excluding hydrogens is 124 g/mol. The van der Waals surface area contributed by atoms with Gasteiger partial charge in [-0.15, -0.1) is 0 Å². The molecule has 1 saturated carbocycles. The van der Waals surface area contributed by atoms with E-state index in [1.54, 1.807) is 0 Å². The highest BCUT2D eigenvalue weighted by atomic mass is 16.1. The van der Waals surface area contributed by atoms with Crippen LogP contribution in [0.2, 0.25) is 0 Å². The van der Waals surface area contributed by atoms with Crippen LogP contribution in [0.3, 0.4) is 0 Å². The van der Waals surface area contributed by atoms with E-state index >= 15 is 0 Å². The number of ketones is 1. The van der Waals surface area contributed by atoms with Crippen molar-refractivity contribution in [2.24, 2.45) is 11.8 Å². The third kappa shape index (κ3) is 0.808. The van der Waals surface area contributed by atoms with Gasteiger partial charge in [-0.2, -0.15) is 0 Å². The second kappa shape index (κ2) is 2.22. The van der Waals surface area contributed by atoms with Gasteiger partial charge in [0.2, 0.25) is 0 Å². The number of hydrogen-bond donors (Lipinski definition) is 0. The van der Waals surface area contributed by atoms with Crippen LogP contribution < -0.4 is 0 Å². The third-order valence-corrected chi connectivity index (χ3v) is 2.62. The fourth-order valence-corrected chi connectivity index (χ4v) is 2.00. The maximum atomic E-state index is 11.4. The maximum absolute atomic E-state index is 11.4. The van der Waals surface area contributed by atoms with Gasteiger partial charge in [0.05, 0.1) is 0 Å². The zero-order chi connectivity index (χ0) is 6.97. The first-order chi connectivity index (χ1) is 4.88. The van der Waals surface area contributed by atoms with Gasteiger partial charge < -0.3 is 0 Å². The molecule has 0 aromatic carbocycles. The monoisotopic (exact) mass is 136 g/mol. The summed E-state index contributed by atoms with van der Waals surface area (Å²) in [5.41, 5.74) is 0. The summed E-state index contributed by atoms with van der Waals surface area (Å²) in [7, 11) is 0. The average Bonchev–Trinajstić information content (AvgIpc) is 1.86. The van der Waals surface area contributed by atoms with Crippen molar-refractivity contribution in [2.75, 3.05) is 0 Å². The molecule has 2 unspecified atom stereocenters. The number of carbonyl (C=O) groups is 1. The number of carbonyl (C=O) groups excluding carboxylic acids is 1. The summed E-state index contributed by atoms with van der Waals surface area (Å²) in [5.74, 6) is 1.20. The molecule has 2 bridgehead atoms. The summed E-state index contributed by atoms with van der Waals surface area (Å²) in [4.78, 5) is 11.4. The zero-order valence-corrected chi connectivity index (χ0v) is 6.05. The molecule has 54 valence electrons.